The van der Waals surface area contributed by atoms with Crippen LogP contribution in [0.4, 0.5) is 8.78 Å². The second kappa shape index (κ2) is 8.42. The van der Waals surface area contributed by atoms with E-state index in [1.165, 1.54) is 0 Å². The van der Waals surface area contributed by atoms with E-state index in [0.29, 0.717) is 16.7 Å². The molecular weight excluding hydrogens is 318 g/mol. The smallest absolute Gasteiger partial charge is 0.288 e. The van der Waals surface area contributed by atoms with E-state index < -0.39 is 5.76 Å². The quantitative estimate of drug-likeness (QED) is 0.761. The maximum atomic E-state index is 12.4. The van der Waals surface area contributed by atoms with Gasteiger partial charge in [-0.15, -0.1) is 0 Å². The third-order valence-corrected chi connectivity index (χ3v) is 5.44. The number of ether oxygens (including phenoxy) is 1. The minimum atomic E-state index is -2.37. The first-order chi connectivity index (χ1) is 10.9. The van der Waals surface area contributed by atoms with Crippen molar-refractivity contribution in [1.82, 2.24) is 10.2 Å². The van der Waals surface area contributed by atoms with Gasteiger partial charge in [-0.1, -0.05) is 23.9 Å². The summed E-state index contributed by atoms with van der Waals surface area (Å²) in [6.45, 7) is 4.59. The number of halogens is 2. The standard InChI is InChI=1S/C17H26F2N2OS/c1-13(14-4-6-15(7-5-14)23-16(18)19)20-12-17(21(2)3)8-10-22-11-9-17/h4-7,13,16,20H,8-12H2,1-3H3/t13-/m0/s1. The Labute approximate surface area is 141 Å². The Morgan fingerprint density at radius 1 is 1.22 bits per heavy atom. The third kappa shape index (κ3) is 5.14. The Morgan fingerprint density at radius 2 is 1.83 bits per heavy atom. The molecule has 1 aliphatic rings. The van der Waals surface area contributed by atoms with Gasteiger partial charge in [0.2, 0.25) is 0 Å². The van der Waals surface area contributed by atoms with Crippen molar-refractivity contribution in [1.29, 1.82) is 0 Å². The van der Waals surface area contributed by atoms with Crippen molar-refractivity contribution in [2.24, 2.45) is 0 Å². The number of nitrogens with one attached hydrogen (secondary N) is 1. The van der Waals surface area contributed by atoms with E-state index in [-0.39, 0.29) is 11.6 Å². The first-order valence-corrected chi connectivity index (χ1v) is 8.84. The van der Waals surface area contributed by atoms with Crippen LogP contribution in [0.3, 0.4) is 0 Å². The molecule has 0 amide bonds. The number of likely N-dealkylation sites (N-methyl/N-ethyl adjacent to an activating group) is 1. The summed E-state index contributed by atoms with van der Waals surface area (Å²) in [4.78, 5) is 2.89. The van der Waals surface area contributed by atoms with E-state index in [0.717, 1.165) is 38.2 Å². The van der Waals surface area contributed by atoms with Crippen molar-refractivity contribution in [2.45, 2.75) is 42.0 Å². The van der Waals surface area contributed by atoms with Gasteiger partial charge in [-0.25, -0.2) is 0 Å². The fourth-order valence-electron chi connectivity index (χ4n) is 2.93. The largest absolute Gasteiger partial charge is 0.381 e. The topological polar surface area (TPSA) is 24.5 Å². The maximum absolute atomic E-state index is 12.4. The zero-order valence-electron chi connectivity index (χ0n) is 14.0. The number of alkyl halides is 2. The molecule has 0 aromatic heterocycles. The fourth-order valence-corrected chi connectivity index (χ4v) is 3.43. The lowest BCUT2D eigenvalue weighted by atomic mass is 9.88. The number of benzene rings is 1. The van der Waals surface area contributed by atoms with Gasteiger partial charge in [0.05, 0.1) is 0 Å². The highest BCUT2D eigenvalue weighted by molar-refractivity contribution is 7.99. The van der Waals surface area contributed by atoms with E-state index in [1.807, 2.05) is 12.1 Å². The minimum Gasteiger partial charge on any atom is -0.381 e. The maximum Gasteiger partial charge on any atom is 0.288 e. The molecule has 0 spiro atoms. The van der Waals surface area contributed by atoms with Crippen LogP contribution >= 0.6 is 11.8 Å². The second-order valence-corrected chi connectivity index (χ2v) is 7.34. The highest BCUT2D eigenvalue weighted by Gasteiger charge is 2.34. The Morgan fingerprint density at radius 3 is 2.35 bits per heavy atom. The third-order valence-electron chi connectivity index (χ3n) is 4.71. The first-order valence-electron chi connectivity index (χ1n) is 7.96. The molecule has 1 aromatic carbocycles. The van der Waals surface area contributed by atoms with Crippen molar-refractivity contribution in [3.63, 3.8) is 0 Å². The molecule has 1 heterocycles. The van der Waals surface area contributed by atoms with Crippen LogP contribution in [0.1, 0.15) is 31.4 Å². The molecule has 0 radical (unpaired) electrons. The normalized spacial score (nSPS) is 19.3. The number of hydrogen-bond acceptors (Lipinski definition) is 4. The van der Waals surface area contributed by atoms with Gasteiger partial charge >= 0.3 is 0 Å². The number of hydrogen-bond donors (Lipinski definition) is 1. The molecule has 3 nitrogen and oxygen atoms in total. The molecule has 130 valence electrons. The van der Waals surface area contributed by atoms with Crippen molar-refractivity contribution >= 4 is 11.8 Å². The van der Waals surface area contributed by atoms with Gasteiger partial charge in [0, 0.05) is 36.2 Å². The molecular formula is C17H26F2N2OS. The Hall–Kier alpha value is -0.690. The highest BCUT2D eigenvalue weighted by atomic mass is 32.2. The number of thioether (sulfide) groups is 1. The van der Waals surface area contributed by atoms with Crippen LogP contribution in [0.2, 0.25) is 0 Å². The lowest BCUT2D eigenvalue weighted by molar-refractivity contribution is -0.00807. The van der Waals surface area contributed by atoms with Crippen molar-refractivity contribution < 1.29 is 13.5 Å². The second-order valence-electron chi connectivity index (χ2n) is 6.28. The summed E-state index contributed by atoms with van der Waals surface area (Å²) in [7, 11) is 4.24. The van der Waals surface area contributed by atoms with Crippen LogP contribution in [0.25, 0.3) is 0 Å². The van der Waals surface area contributed by atoms with Gasteiger partial charge < -0.3 is 15.0 Å². The first kappa shape index (κ1) is 18.6. The van der Waals surface area contributed by atoms with Crippen LogP contribution in [-0.4, -0.2) is 50.1 Å². The highest BCUT2D eigenvalue weighted by Crippen LogP contribution is 2.28. The van der Waals surface area contributed by atoms with Gasteiger partial charge in [0.25, 0.3) is 5.76 Å². The Balaban J connectivity index is 1.94. The van der Waals surface area contributed by atoms with Crippen molar-refractivity contribution in [3.05, 3.63) is 29.8 Å². The van der Waals surface area contributed by atoms with E-state index >= 15 is 0 Å². The van der Waals surface area contributed by atoms with Crippen LogP contribution in [-0.2, 0) is 4.74 Å². The van der Waals surface area contributed by atoms with Crippen molar-refractivity contribution in [3.8, 4) is 0 Å². The molecule has 1 atom stereocenters. The van der Waals surface area contributed by atoms with Crippen LogP contribution < -0.4 is 5.32 Å². The van der Waals surface area contributed by atoms with Crippen molar-refractivity contribution in [2.75, 3.05) is 33.9 Å². The molecule has 0 saturated carbocycles. The summed E-state index contributed by atoms with van der Waals surface area (Å²) in [5.41, 5.74) is 1.24. The van der Waals surface area contributed by atoms with E-state index in [4.69, 9.17) is 4.74 Å². The van der Waals surface area contributed by atoms with Crippen LogP contribution in [0.15, 0.2) is 29.2 Å². The zero-order valence-corrected chi connectivity index (χ0v) is 14.8. The molecule has 23 heavy (non-hydrogen) atoms. The number of nitrogens with zero attached hydrogens (tertiary/aromatic N) is 1. The summed E-state index contributed by atoms with van der Waals surface area (Å²) in [6, 6.07) is 7.56. The fraction of sp³-hybridized carbons (Fsp3) is 0.647. The molecule has 0 bridgehead atoms. The Bertz CT molecular complexity index is 476. The SMILES string of the molecule is C[C@H](NCC1(N(C)C)CCOCC1)c1ccc(SC(F)F)cc1. The molecule has 2 rings (SSSR count). The summed E-state index contributed by atoms with van der Waals surface area (Å²) in [6.07, 6.45) is 2.04. The predicted octanol–water partition coefficient (Wildman–Crippen LogP) is 3.76. The summed E-state index contributed by atoms with van der Waals surface area (Å²) in [5.74, 6) is -2.37. The number of rotatable bonds is 7. The van der Waals surface area contributed by atoms with Gasteiger partial charge in [-0.2, -0.15) is 8.78 Å². The molecule has 1 N–H and O–H groups in total. The lowest BCUT2D eigenvalue weighted by Crippen LogP contribution is -2.55. The van der Waals surface area contributed by atoms with Gasteiger partial charge in [-0.3, -0.25) is 0 Å². The molecule has 1 aromatic rings. The molecule has 1 saturated heterocycles. The molecule has 6 heteroatoms. The van der Waals surface area contributed by atoms with E-state index in [9.17, 15) is 8.78 Å². The zero-order chi connectivity index (χ0) is 16.9. The molecule has 0 aliphatic carbocycles. The lowest BCUT2D eigenvalue weighted by Gasteiger charge is -2.43. The van der Waals surface area contributed by atoms with Gasteiger partial charge in [0.1, 0.15) is 0 Å². The Kier molecular flexibility index (Phi) is 6.83. The molecule has 1 aliphatic heterocycles. The summed E-state index contributed by atoms with van der Waals surface area (Å²) < 4.78 is 30.2. The minimum absolute atomic E-state index is 0.123. The van der Waals surface area contributed by atoms with Crippen LogP contribution in [0.5, 0.6) is 0 Å². The van der Waals surface area contributed by atoms with Gasteiger partial charge in [0.15, 0.2) is 0 Å². The molecule has 1 fully saturated rings. The average Bonchev–Trinajstić information content (AvgIpc) is 2.53. The monoisotopic (exact) mass is 344 g/mol. The van der Waals surface area contributed by atoms with Gasteiger partial charge in [-0.05, 0) is 51.6 Å². The predicted molar refractivity (Wildman–Crippen MR) is 91.2 cm³/mol. The van der Waals surface area contributed by atoms with E-state index in [1.54, 1.807) is 12.1 Å². The summed E-state index contributed by atoms with van der Waals surface area (Å²) >= 11 is 0.584. The average molecular weight is 344 g/mol. The molecule has 0 unspecified atom stereocenters. The van der Waals surface area contributed by atoms with E-state index in [2.05, 4.69) is 31.2 Å². The van der Waals surface area contributed by atoms with Crippen LogP contribution in [0, 0.1) is 0 Å². The summed E-state index contributed by atoms with van der Waals surface area (Å²) in [5, 5.41) is 3.60.